The maximum Gasteiger partial charge on any atom is 0.407 e. The van der Waals surface area contributed by atoms with Crippen molar-refractivity contribution in [1.82, 2.24) is 10.6 Å². The topological polar surface area (TPSA) is 67.4 Å². The van der Waals surface area contributed by atoms with Gasteiger partial charge in [0.2, 0.25) is 0 Å². The summed E-state index contributed by atoms with van der Waals surface area (Å²) in [7, 11) is 0. The molecule has 0 radical (unpaired) electrons. The second-order valence-electron chi connectivity index (χ2n) is 6.60. The van der Waals surface area contributed by atoms with Crippen molar-refractivity contribution < 1.29 is 14.3 Å². The summed E-state index contributed by atoms with van der Waals surface area (Å²) in [6.45, 7) is 6.39. The standard InChI is InChI=1S/C19H24N2O3/c1-19(2,3)24-18(23)21-12-6-11-20-17(22)16-10-9-14-7-4-5-8-15(14)13-16/h4-5,7-10,13H,6,11-12H2,1-3H3,(H,20,22)(H,21,23). The third-order valence-corrected chi connectivity index (χ3v) is 3.32. The lowest BCUT2D eigenvalue weighted by Crippen LogP contribution is -2.34. The number of fused-ring (bicyclic) bond motifs is 1. The lowest BCUT2D eigenvalue weighted by molar-refractivity contribution is 0.0527. The molecule has 0 spiro atoms. The number of alkyl carbamates (subject to hydrolysis) is 1. The van der Waals surface area contributed by atoms with Gasteiger partial charge in [0, 0.05) is 18.7 Å². The summed E-state index contributed by atoms with van der Waals surface area (Å²) in [4.78, 5) is 23.6. The van der Waals surface area contributed by atoms with Crippen molar-refractivity contribution in [2.24, 2.45) is 0 Å². The highest BCUT2D eigenvalue weighted by Crippen LogP contribution is 2.15. The van der Waals surface area contributed by atoms with E-state index in [1.165, 1.54) is 0 Å². The van der Waals surface area contributed by atoms with E-state index in [1.807, 2.05) is 63.2 Å². The summed E-state index contributed by atoms with van der Waals surface area (Å²) in [5.41, 5.74) is 0.128. The molecule has 0 unspecified atom stereocenters. The van der Waals surface area contributed by atoms with Crippen LogP contribution in [0.1, 0.15) is 37.6 Å². The minimum atomic E-state index is -0.506. The lowest BCUT2D eigenvalue weighted by Gasteiger charge is -2.19. The number of benzene rings is 2. The van der Waals surface area contributed by atoms with Gasteiger partial charge in [-0.1, -0.05) is 30.3 Å². The Morgan fingerprint density at radius 1 is 0.958 bits per heavy atom. The molecule has 2 amide bonds. The van der Waals surface area contributed by atoms with Crippen molar-refractivity contribution in [2.75, 3.05) is 13.1 Å². The molecule has 2 rings (SSSR count). The van der Waals surface area contributed by atoms with Crippen molar-refractivity contribution in [2.45, 2.75) is 32.8 Å². The molecule has 0 aliphatic heterocycles. The second kappa shape index (κ2) is 7.81. The average molecular weight is 328 g/mol. The van der Waals surface area contributed by atoms with Crippen LogP contribution in [0.15, 0.2) is 42.5 Å². The van der Waals surface area contributed by atoms with E-state index in [0.717, 1.165) is 10.8 Å². The number of carbonyl (C=O) groups is 2. The molecule has 2 aromatic carbocycles. The van der Waals surface area contributed by atoms with E-state index in [1.54, 1.807) is 0 Å². The predicted molar refractivity (Wildman–Crippen MR) is 95.1 cm³/mol. The summed E-state index contributed by atoms with van der Waals surface area (Å²) >= 11 is 0. The van der Waals surface area contributed by atoms with Gasteiger partial charge in [-0.15, -0.1) is 0 Å². The van der Waals surface area contributed by atoms with Gasteiger partial charge in [-0.3, -0.25) is 4.79 Å². The Morgan fingerprint density at radius 3 is 2.33 bits per heavy atom. The molecule has 0 saturated carbocycles. The first kappa shape index (κ1) is 17.8. The molecule has 0 saturated heterocycles. The van der Waals surface area contributed by atoms with E-state index in [0.29, 0.717) is 25.1 Å². The molecule has 2 N–H and O–H groups in total. The normalized spacial score (nSPS) is 11.1. The first-order valence-electron chi connectivity index (χ1n) is 8.09. The molecule has 0 aliphatic rings. The summed E-state index contributed by atoms with van der Waals surface area (Å²) < 4.78 is 5.14. The minimum absolute atomic E-state index is 0.113. The van der Waals surface area contributed by atoms with Crippen LogP contribution in [0.2, 0.25) is 0 Å². The van der Waals surface area contributed by atoms with Crippen molar-refractivity contribution >= 4 is 22.8 Å². The van der Waals surface area contributed by atoms with Crippen molar-refractivity contribution in [3.05, 3.63) is 48.0 Å². The van der Waals surface area contributed by atoms with Crippen molar-refractivity contribution in [1.29, 1.82) is 0 Å². The van der Waals surface area contributed by atoms with Crippen molar-refractivity contribution in [3.8, 4) is 0 Å². The maximum atomic E-state index is 12.1. The third-order valence-electron chi connectivity index (χ3n) is 3.32. The van der Waals surface area contributed by atoms with Gasteiger partial charge in [-0.05, 0) is 50.1 Å². The number of nitrogens with one attached hydrogen (secondary N) is 2. The number of amides is 2. The van der Waals surface area contributed by atoms with Gasteiger partial charge < -0.3 is 15.4 Å². The monoisotopic (exact) mass is 328 g/mol. The number of ether oxygens (including phenoxy) is 1. The Balaban J connectivity index is 1.74. The van der Waals surface area contributed by atoms with E-state index in [-0.39, 0.29) is 5.91 Å². The van der Waals surface area contributed by atoms with Crippen molar-refractivity contribution in [3.63, 3.8) is 0 Å². The Hall–Kier alpha value is -2.56. The van der Waals surface area contributed by atoms with Gasteiger partial charge in [-0.2, -0.15) is 0 Å². The summed E-state index contributed by atoms with van der Waals surface area (Å²) in [5.74, 6) is -0.113. The number of hydrogen-bond acceptors (Lipinski definition) is 3. The Morgan fingerprint density at radius 2 is 1.62 bits per heavy atom. The third kappa shape index (κ3) is 5.57. The highest BCUT2D eigenvalue weighted by Gasteiger charge is 2.15. The van der Waals surface area contributed by atoms with Gasteiger partial charge >= 0.3 is 6.09 Å². The van der Waals surface area contributed by atoms with Crippen LogP contribution < -0.4 is 10.6 Å². The molecule has 5 nitrogen and oxygen atoms in total. The van der Waals surface area contributed by atoms with Gasteiger partial charge in [0.05, 0.1) is 0 Å². The zero-order valence-electron chi connectivity index (χ0n) is 14.4. The van der Waals surface area contributed by atoms with Crippen LogP contribution in [0.25, 0.3) is 10.8 Å². The molecule has 24 heavy (non-hydrogen) atoms. The average Bonchev–Trinajstić information content (AvgIpc) is 2.52. The summed E-state index contributed by atoms with van der Waals surface area (Å²) in [6.07, 6.45) is 0.196. The quantitative estimate of drug-likeness (QED) is 0.826. The molecular formula is C19H24N2O3. The zero-order chi connectivity index (χ0) is 17.6. The molecule has 128 valence electrons. The molecule has 0 fully saturated rings. The van der Waals surface area contributed by atoms with E-state index in [2.05, 4.69) is 10.6 Å². The first-order valence-corrected chi connectivity index (χ1v) is 8.09. The lowest BCUT2D eigenvalue weighted by atomic mass is 10.1. The van der Waals surface area contributed by atoms with Crippen LogP contribution in [0.5, 0.6) is 0 Å². The molecular weight excluding hydrogens is 304 g/mol. The highest BCUT2D eigenvalue weighted by molar-refractivity contribution is 5.98. The fourth-order valence-corrected chi connectivity index (χ4v) is 2.23. The van der Waals surface area contributed by atoms with Gasteiger partial charge in [0.15, 0.2) is 0 Å². The van der Waals surface area contributed by atoms with Crippen LogP contribution in [0, 0.1) is 0 Å². The van der Waals surface area contributed by atoms with E-state index >= 15 is 0 Å². The molecule has 5 heteroatoms. The number of hydrogen-bond donors (Lipinski definition) is 2. The first-order chi connectivity index (χ1) is 11.3. The van der Waals surface area contributed by atoms with E-state index < -0.39 is 11.7 Å². The Bertz CT molecular complexity index is 720. The summed E-state index contributed by atoms with van der Waals surface area (Å²) in [5, 5.41) is 7.66. The van der Waals surface area contributed by atoms with Gasteiger partial charge in [0.25, 0.3) is 5.91 Å². The molecule has 2 aromatic rings. The van der Waals surface area contributed by atoms with Gasteiger partial charge in [0.1, 0.15) is 5.60 Å². The zero-order valence-corrected chi connectivity index (χ0v) is 14.4. The van der Waals surface area contributed by atoms with E-state index in [9.17, 15) is 9.59 Å². The summed E-state index contributed by atoms with van der Waals surface area (Å²) in [6, 6.07) is 13.6. The Kier molecular flexibility index (Phi) is 5.79. The van der Waals surface area contributed by atoms with Crippen LogP contribution in [0.4, 0.5) is 4.79 Å². The second-order valence-corrected chi connectivity index (χ2v) is 6.60. The molecule has 0 aromatic heterocycles. The number of rotatable bonds is 5. The van der Waals surface area contributed by atoms with Crippen LogP contribution in [-0.4, -0.2) is 30.7 Å². The predicted octanol–water partition coefficient (Wildman–Crippen LogP) is 3.48. The molecule has 0 aliphatic carbocycles. The molecule has 0 heterocycles. The highest BCUT2D eigenvalue weighted by atomic mass is 16.6. The fourth-order valence-electron chi connectivity index (χ4n) is 2.23. The van der Waals surface area contributed by atoms with E-state index in [4.69, 9.17) is 4.74 Å². The van der Waals surface area contributed by atoms with Gasteiger partial charge in [-0.25, -0.2) is 4.79 Å². The Labute approximate surface area is 142 Å². The fraction of sp³-hybridized carbons (Fsp3) is 0.368. The smallest absolute Gasteiger partial charge is 0.407 e. The molecule has 0 bridgehead atoms. The minimum Gasteiger partial charge on any atom is -0.444 e. The van der Waals surface area contributed by atoms with Crippen LogP contribution in [-0.2, 0) is 4.74 Å². The SMILES string of the molecule is CC(C)(C)OC(=O)NCCCNC(=O)c1ccc2ccccc2c1. The molecule has 0 atom stereocenters. The van der Waals surface area contributed by atoms with Crippen LogP contribution in [0.3, 0.4) is 0 Å². The largest absolute Gasteiger partial charge is 0.444 e. The maximum absolute atomic E-state index is 12.1. The number of carbonyl (C=O) groups excluding carboxylic acids is 2. The van der Waals surface area contributed by atoms with Crippen LogP contribution >= 0.6 is 0 Å².